The average Bonchev–Trinajstić information content (AvgIpc) is 3.20. The quantitative estimate of drug-likeness (QED) is 0.780. The normalized spacial score (nSPS) is 18.3. The lowest BCUT2D eigenvalue weighted by atomic mass is 10.1. The van der Waals surface area contributed by atoms with Gasteiger partial charge in [-0.1, -0.05) is 17.7 Å². The zero-order chi connectivity index (χ0) is 20.5. The largest absolute Gasteiger partial charge is 0.449 e. The Balaban J connectivity index is 1.43. The molecule has 150 valence electrons. The molecule has 29 heavy (non-hydrogen) atoms. The Bertz CT molecular complexity index is 971. The molecule has 0 aliphatic carbocycles. The fraction of sp³-hybridized carbons (Fsp3) is 0.318. The molecule has 0 bridgehead atoms. The number of carbonyl (C=O) groups is 3. The molecule has 2 aromatic carbocycles. The third-order valence-corrected chi connectivity index (χ3v) is 5.33. The molecule has 0 radical (unpaired) electrons. The van der Waals surface area contributed by atoms with Crippen LogP contribution in [0.25, 0.3) is 0 Å². The number of fused-ring (bicyclic) bond motifs is 3. The van der Waals surface area contributed by atoms with Gasteiger partial charge in [-0.2, -0.15) is 0 Å². The van der Waals surface area contributed by atoms with E-state index in [9.17, 15) is 14.4 Å². The summed E-state index contributed by atoms with van der Waals surface area (Å²) < 4.78 is 5.32. The molecule has 4 rings (SSSR count). The fourth-order valence-corrected chi connectivity index (χ4v) is 3.72. The molecule has 0 aromatic heterocycles. The Morgan fingerprint density at radius 3 is 2.72 bits per heavy atom. The summed E-state index contributed by atoms with van der Waals surface area (Å²) in [6.07, 6.45) is 0.842. The molecule has 0 spiro atoms. The van der Waals surface area contributed by atoms with E-state index >= 15 is 0 Å². The fourth-order valence-electron chi connectivity index (χ4n) is 3.72. The van der Waals surface area contributed by atoms with Gasteiger partial charge in [-0.05, 0) is 57.0 Å². The zero-order valence-electron chi connectivity index (χ0n) is 16.4. The van der Waals surface area contributed by atoms with Crippen molar-refractivity contribution >= 4 is 34.8 Å². The summed E-state index contributed by atoms with van der Waals surface area (Å²) in [5, 5.41) is 5.60. The Hall–Kier alpha value is -3.35. The van der Waals surface area contributed by atoms with E-state index in [4.69, 9.17) is 4.74 Å². The number of nitrogens with one attached hydrogen (secondary N) is 2. The molecule has 2 amide bonds. The van der Waals surface area contributed by atoms with Crippen molar-refractivity contribution in [1.82, 2.24) is 0 Å². The molecule has 1 saturated heterocycles. The van der Waals surface area contributed by atoms with Gasteiger partial charge in [-0.25, -0.2) is 4.79 Å². The van der Waals surface area contributed by atoms with Crippen LogP contribution in [-0.2, 0) is 14.3 Å². The van der Waals surface area contributed by atoms with E-state index in [0.29, 0.717) is 11.4 Å². The van der Waals surface area contributed by atoms with Crippen molar-refractivity contribution in [2.75, 3.05) is 22.1 Å². The van der Waals surface area contributed by atoms with E-state index in [-0.39, 0.29) is 17.5 Å². The summed E-state index contributed by atoms with van der Waals surface area (Å²) in [7, 11) is 0. The second-order valence-corrected chi connectivity index (χ2v) is 7.48. The first kappa shape index (κ1) is 19.0. The van der Waals surface area contributed by atoms with Gasteiger partial charge in [-0.15, -0.1) is 0 Å². The van der Waals surface area contributed by atoms with E-state index in [1.165, 1.54) is 6.92 Å². The first-order valence-corrected chi connectivity index (χ1v) is 9.72. The minimum atomic E-state index is -0.961. The molecular weight excluding hydrogens is 370 g/mol. The van der Waals surface area contributed by atoms with Crippen molar-refractivity contribution in [3.63, 3.8) is 0 Å². The number of esters is 1. The first-order valence-electron chi connectivity index (χ1n) is 9.72. The van der Waals surface area contributed by atoms with Crippen molar-refractivity contribution in [1.29, 1.82) is 0 Å². The number of nitrogens with zero attached hydrogens (tertiary/aromatic N) is 1. The molecule has 0 unspecified atom stereocenters. The van der Waals surface area contributed by atoms with E-state index in [0.717, 1.165) is 30.6 Å². The standard InChI is InChI=1S/C22H23N3O4/c1-13-5-8-16(9-6-13)23-20(26)14(2)29-22(28)15-7-10-18-17(12-15)24-21(27)19-4-3-11-25(18)19/h5-10,12,14,19H,3-4,11H2,1-2H3,(H,23,26)(H,24,27)/t14-,19+/m1/s1. The van der Waals surface area contributed by atoms with Crippen molar-refractivity contribution in [3.8, 4) is 0 Å². The highest BCUT2D eigenvalue weighted by atomic mass is 16.5. The Kier molecular flexibility index (Phi) is 4.96. The molecule has 2 aliphatic heterocycles. The lowest BCUT2D eigenvalue weighted by Gasteiger charge is -2.33. The molecule has 2 atom stereocenters. The van der Waals surface area contributed by atoms with E-state index in [2.05, 4.69) is 15.5 Å². The molecule has 0 saturated carbocycles. The van der Waals surface area contributed by atoms with Crippen LogP contribution in [0.5, 0.6) is 0 Å². The molecule has 2 aromatic rings. The van der Waals surface area contributed by atoms with Crippen LogP contribution >= 0.6 is 0 Å². The van der Waals surface area contributed by atoms with Gasteiger partial charge in [-0.3, -0.25) is 9.59 Å². The van der Waals surface area contributed by atoms with Gasteiger partial charge in [0.05, 0.1) is 16.9 Å². The molecule has 1 fully saturated rings. The van der Waals surface area contributed by atoms with Gasteiger partial charge >= 0.3 is 5.97 Å². The number of aryl methyl sites for hydroxylation is 1. The van der Waals surface area contributed by atoms with Crippen LogP contribution in [0.15, 0.2) is 42.5 Å². The number of hydrogen-bond donors (Lipinski definition) is 2. The van der Waals surface area contributed by atoms with Gasteiger partial charge in [0.25, 0.3) is 5.91 Å². The van der Waals surface area contributed by atoms with Crippen LogP contribution in [0, 0.1) is 6.92 Å². The molecule has 7 nitrogen and oxygen atoms in total. The summed E-state index contributed by atoms with van der Waals surface area (Å²) in [6, 6.07) is 12.3. The maximum atomic E-state index is 12.5. The second-order valence-electron chi connectivity index (χ2n) is 7.48. The number of carbonyl (C=O) groups excluding carboxylic acids is 3. The van der Waals surface area contributed by atoms with Crippen LogP contribution in [0.1, 0.15) is 35.7 Å². The highest BCUT2D eigenvalue weighted by Gasteiger charge is 2.36. The summed E-state index contributed by atoms with van der Waals surface area (Å²) in [6.45, 7) is 4.31. The average molecular weight is 393 g/mol. The summed E-state index contributed by atoms with van der Waals surface area (Å²) >= 11 is 0. The number of anilines is 3. The Morgan fingerprint density at radius 1 is 1.21 bits per heavy atom. The van der Waals surface area contributed by atoms with Crippen LogP contribution in [-0.4, -0.2) is 36.5 Å². The molecular formula is C22H23N3O4. The van der Waals surface area contributed by atoms with Crippen molar-refractivity contribution in [3.05, 3.63) is 53.6 Å². The van der Waals surface area contributed by atoms with E-state index in [1.54, 1.807) is 24.3 Å². The third-order valence-electron chi connectivity index (χ3n) is 5.33. The minimum absolute atomic E-state index is 0.0497. The van der Waals surface area contributed by atoms with Gasteiger partial charge in [0.1, 0.15) is 6.04 Å². The topological polar surface area (TPSA) is 87.7 Å². The Labute approximate surface area is 169 Å². The smallest absolute Gasteiger partial charge is 0.338 e. The van der Waals surface area contributed by atoms with Crippen LogP contribution in [0.2, 0.25) is 0 Å². The minimum Gasteiger partial charge on any atom is -0.449 e. The first-order chi connectivity index (χ1) is 13.9. The molecule has 2 N–H and O–H groups in total. The van der Waals surface area contributed by atoms with Crippen LogP contribution in [0.4, 0.5) is 17.1 Å². The highest BCUT2D eigenvalue weighted by molar-refractivity contribution is 6.05. The predicted molar refractivity (Wildman–Crippen MR) is 110 cm³/mol. The SMILES string of the molecule is Cc1ccc(NC(=O)[C@@H](C)OC(=O)c2ccc3c(c2)NC(=O)[C@@H]2CCCN32)cc1. The van der Waals surface area contributed by atoms with Crippen molar-refractivity contribution < 1.29 is 19.1 Å². The number of amides is 2. The summed E-state index contributed by atoms with van der Waals surface area (Å²) in [4.78, 5) is 39.2. The van der Waals surface area contributed by atoms with Gasteiger partial charge < -0.3 is 20.3 Å². The van der Waals surface area contributed by atoms with Crippen LogP contribution in [0.3, 0.4) is 0 Å². The van der Waals surface area contributed by atoms with E-state index in [1.807, 2.05) is 25.1 Å². The number of benzene rings is 2. The zero-order valence-corrected chi connectivity index (χ0v) is 16.4. The summed E-state index contributed by atoms with van der Waals surface area (Å²) in [5.74, 6) is -1.07. The van der Waals surface area contributed by atoms with Gasteiger partial charge in [0, 0.05) is 12.2 Å². The summed E-state index contributed by atoms with van der Waals surface area (Å²) in [5.41, 5.74) is 3.52. The van der Waals surface area contributed by atoms with Crippen molar-refractivity contribution in [2.45, 2.75) is 38.8 Å². The predicted octanol–water partition coefficient (Wildman–Crippen LogP) is 3.10. The van der Waals surface area contributed by atoms with Gasteiger partial charge in [0.2, 0.25) is 5.91 Å². The maximum absolute atomic E-state index is 12.5. The number of ether oxygens (including phenoxy) is 1. The molecule has 2 heterocycles. The Morgan fingerprint density at radius 2 is 1.97 bits per heavy atom. The van der Waals surface area contributed by atoms with Gasteiger partial charge in [0.15, 0.2) is 6.10 Å². The molecule has 2 aliphatic rings. The second kappa shape index (κ2) is 7.58. The monoisotopic (exact) mass is 393 g/mol. The number of rotatable bonds is 4. The lowest BCUT2D eigenvalue weighted by Crippen LogP contribution is -2.43. The maximum Gasteiger partial charge on any atom is 0.338 e. The lowest BCUT2D eigenvalue weighted by molar-refractivity contribution is -0.123. The van der Waals surface area contributed by atoms with E-state index < -0.39 is 18.0 Å². The van der Waals surface area contributed by atoms with Crippen LogP contribution < -0.4 is 15.5 Å². The highest BCUT2D eigenvalue weighted by Crippen LogP contribution is 2.37. The third kappa shape index (κ3) is 3.81. The van der Waals surface area contributed by atoms with Crippen molar-refractivity contribution in [2.24, 2.45) is 0 Å². The molecule has 7 heteroatoms. The number of hydrogen-bond acceptors (Lipinski definition) is 5.